The highest BCUT2D eigenvalue weighted by atomic mass is 19.1. The number of ether oxygens (including phenoxy) is 1. The van der Waals surface area contributed by atoms with Crippen molar-refractivity contribution in [3.05, 3.63) is 22.5 Å². The number of carbonyl (C=O) groups is 1. The molecule has 0 radical (unpaired) electrons. The van der Waals surface area contributed by atoms with Gasteiger partial charge in [0.2, 0.25) is 5.91 Å². The van der Waals surface area contributed by atoms with Crippen LogP contribution in [-0.2, 0) is 9.53 Å². The normalized spacial score (nSPS) is 28.6. The number of hydrogen-bond donors (Lipinski definition) is 4. The van der Waals surface area contributed by atoms with E-state index in [1.54, 1.807) is 0 Å². The summed E-state index contributed by atoms with van der Waals surface area (Å²) in [6.45, 7) is 0.544. The average Bonchev–Trinajstić information content (AvgIpc) is 2.69. The Morgan fingerprint density at radius 3 is 2.71 bits per heavy atom. The minimum Gasteiger partial charge on any atom is -0.394 e. The van der Waals surface area contributed by atoms with Gasteiger partial charge in [0, 0.05) is 6.92 Å². The molecule has 1 saturated heterocycles. The largest absolute Gasteiger partial charge is 0.394 e. The molecule has 1 unspecified atom stereocenters. The van der Waals surface area contributed by atoms with E-state index in [-0.39, 0.29) is 0 Å². The lowest BCUT2D eigenvalue weighted by Gasteiger charge is -2.17. The Morgan fingerprint density at radius 2 is 2.19 bits per heavy atom. The first-order valence-electron chi connectivity index (χ1n) is 6.04. The molecule has 2 heterocycles. The SMILES string of the molecule is CC(=O)Nc1nc(=O)n(C2O[C@H](CO)[C@@H](O)[C@H]2O)cc1F. The molecule has 21 heavy (non-hydrogen) atoms. The molecular formula is C11H14FN3O6. The summed E-state index contributed by atoms with van der Waals surface area (Å²) in [5, 5.41) is 30.4. The Morgan fingerprint density at radius 1 is 1.52 bits per heavy atom. The molecule has 1 aromatic rings. The number of nitrogens with zero attached hydrogens (tertiary/aromatic N) is 2. The second kappa shape index (κ2) is 5.85. The molecule has 1 amide bonds. The smallest absolute Gasteiger partial charge is 0.351 e. The van der Waals surface area contributed by atoms with Crippen molar-refractivity contribution in [3.63, 3.8) is 0 Å². The van der Waals surface area contributed by atoms with Gasteiger partial charge >= 0.3 is 5.69 Å². The van der Waals surface area contributed by atoms with Crippen molar-refractivity contribution in [2.75, 3.05) is 11.9 Å². The van der Waals surface area contributed by atoms with Gasteiger partial charge in [-0.05, 0) is 0 Å². The summed E-state index contributed by atoms with van der Waals surface area (Å²) in [7, 11) is 0. The van der Waals surface area contributed by atoms with E-state index in [1.165, 1.54) is 0 Å². The minimum atomic E-state index is -1.53. The molecule has 0 saturated carbocycles. The first kappa shape index (κ1) is 15.5. The zero-order valence-corrected chi connectivity index (χ0v) is 10.9. The predicted molar refractivity (Wildman–Crippen MR) is 65.8 cm³/mol. The van der Waals surface area contributed by atoms with Crippen molar-refractivity contribution in [2.45, 2.75) is 31.5 Å². The van der Waals surface area contributed by atoms with E-state index >= 15 is 0 Å². The van der Waals surface area contributed by atoms with Gasteiger partial charge in [-0.25, -0.2) is 9.18 Å². The maximum absolute atomic E-state index is 13.8. The van der Waals surface area contributed by atoms with Gasteiger partial charge in [0.15, 0.2) is 17.9 Å². The van der Waals surface area contributed by atoms with E-state index in [9.17, 15) is 24.2 Å². The second-order valence-corrected chi connectivity index (χ2v) is 4.54. The van der Waals surface area contributed by atoms with Crippen molar-refractivity contribution in [2.24, 2.45) is 0 Å². The van der Waals surface area contributed by atoms with Gasteiger partial charge in [0.25, 0.3) is 0 Å². The predicted octanol–water partition coefficient (Wildman–Crippen LogP) is -2.05. The summed E-state index contributed by atoms with van der Waals surface area (Å²) in [5.74, 6) is -2.16. The number of aliphatic hydroxyl groups is 3. The summed E-state index contributed by atoms with van der Waals surface area (Å²) in [6.07, 6.45) is -4.76. The topological polar surface area (TPSA) is 134 Å². The van der Waals surface area contributed by atoms with Crippen LogP contribution in [0.1, 0.15) is 13.2 Å². The number of halogens is 1. The van der Waals surface area contributed by atoms with Crippen LogP contribution in [0.15, 0.2) is 11.0 Å². The molecule has 1 aliphatic rings. The summed E-state index contributed by atoms with van der Waals surface area (Å²) in [4.78, 5) is 26.0. The Hall–Kier alpha value is -1.88. The second-order valence-electron chi connectivity index (χ2n) is 4.54. The van der Waals surface area contributed by atoms with Gasteiger partial charge < -0.3 is 25.4 Å². The number of rotatable bonds is 3. The number of anilines is 1. The van der Waals surface area contributed by atoms with Crippen LogP contribution in [0.5, 0.6) is 0 Å². The van der Waals surface area contributed by atoms with Crippen LogP contribution in [0.25, 0.3) is 0 Å². The molecule has 1 aliphatic heterocycles. The van der Waals surface area contributed by atoms with Gasteiger partial charge in [0.05, 0.1) is 12.8 Å². The third-order valence-electron chi connectivity index (χ3n) is 2.99. The third-order valence-corrected chi connectivity index (χ3v) is 2.99. The standard InChI is InChI=1S/C11H14FN3O6/c1-4(17)13-9-5(12)2-15(11(20)14-9)10-8(19)7(18)6(3-16)21-10/h2,6-8,10,16,18-19H,3H2,1H3,(H,13,14,17,20)/t6-,7-,8-,10?/m1/s1. The quantitative estimate of drug-likeness (QED) is 0.505. The molecule has 0 aliphatic carbocycles. The van der Waals surface area contributed by atoms with Crippen LogP contribution in [-0.4, -0.2) is 55.7 Å². The lowest BCUT2D eigenvalue weighted by atomic mass is 10.1. The Kier molecular flexibility index (Phi) is 4.32. The summed E-state index contributed by atoms with van der Waals surface area (Å²) in [6, 6.07) is 0. The maximum atomic E-state index is 13.8. The van der Waals surface area contributed by atoms with Crippen LogP contribution in [0.2, 0.25) is 0 Å². The molecule has 1 fully saturated rings. The summed E-state index contributed by atoms with van der Waals surface area (Å²) < 4.78 is 19.5. The molecule has 2 rings (SSSR count). The van der Waals surface area contributed by atoms with Crippen molar-refractivity contribution in [1.29, 1.82) is 0 Å². The van der Waals surface area contributed by atoms with Crippen molar-refractivity contribution < 1.29 is 29.2 Å². The lowest BCUT2D eigenvalue weighted by Crippen LogP contribution is -2.36. The average molecular weight is 303 g/mol. The van der Waals surface area contributed by atoms with Gasteiger partial charge in [-0.15, -0.1) is 0 Å². The van der Waals surface area contributed by atoms with Crippen LogP contribution >= 0.6 is 0 Å². The van der Waals surface area contributed by atoms with Crippen LogP contribution < -0.4 is 11.0 Å². The van der Waals surface area contributed by atoms with Crippen molar-refractivity contribution >= 4 is 11.7 Å². The molecule has 0 aromatic carbocycles. The van der Waals surface area contributed by atoms with Gasteiger partial charge in [0.1, 0.15) is 18.3 Å². The lowest BCUT2D eigenvalue weighted by molar-refractivity contribution is -0.114. The first-order chi connectivity index (χ1) is 9.85. The van der Waals surface area contributed by atoms with E-state index in [0.29, 0.717) is 10.8 Å². The van der Waals surface area contributed by atoms with Gasteiger partial charge in [-0.2, -0.15) is 4.98 Å². The number of amides is 1. The molecule has 10 heteroatoms. The molecule has 4 N–H and O–H groups in total. The number of aromatic nitrogens is 2. The third kappa shape index (κ3) is 2.93. The fourth-order valence-electron chi connectivity index (χ4n) is 1.99. The van der Waals surface area contributed by atoms with Crippen LogP contribution in [0.3, 0.4) is 0 Å². The van der Waals surface area contributed by atoms with E-state index < -0.39 is 54.4 Å². The monoisotopic (exact) mass is 303 g/mol. The highest BCUT2D eigenvalue weighted by Crippen LogP contribution is 2.28. The molecular weight excluding hydrogens is 289 g/mol. The maximum Gasteiger partial charge on any atom is 0.351 e. The fraction of sp³-hybridized carbons (Fsp3) is 0.545. The van der Waals surface area contributed by atoms with Crippen molar-refractivity contribution in [3.8, 4) is 0 Å². The number of hydrogen-bond acceptors (Lipinski definition) is 7. The zero-order valence-electron chi connectivity index (χ0n) is 10.9. The Balaban J connectivity index is 2.35. The fourth-order valence-corrected chi connectivity index (χ4v) is 1.99. The number of carbonyl (C=O) groups excluding carboxylic acids is 1. The van der Waals surface area contributed by atoms with Crippen molar-refractivity contribution in [1.82, 2.24) is 9.55 Å². The molecule has 4 atom stereocenters. The Labute approximate surface area is 117 Å². The van der Waals surface area contributed by atoms with E-state index in [1.807, 2.05) is 5.32 Å². The van der Waals surface area contributed by atoms with E-state index in [4.69, 9.17) is 9.84 Å². The van der Waals surface area contributed by atoms with E-state index in [0.717, 1.165) is 6.92 Å². The first-order valence-corrected chi connectivity index (χ1v) is 6.04. The molecule has 9 nitrogen and oxygen atoms in total. The molecule has 116 valence electrons. The minimum absolute atomic E-state index is 0.546. The van der Waals surface area contributed by atoms with Crippen LogP contribution in [0.4, 0.5) is 10.2 Å². The number of aliphatic hydroxyl groups excluding tert-OH is 3. The van der Waals surface area contributed by atoms with Gasteiger partial charge in [-0.3, -0.25) is 9.36 Å². The summed E-state index contributed by atoms with van der Waals surface area (Å²) in [5.41, 5.74) is -0.991. The van der Waals surface area contributed by atoms with E-state index in [2.05, 4.69) is 4.98 Å². The summed E-state index contributed by atoms with van der Waals surface area (Å²) >= 11 is 0. The molecule has 1 aromatic heterocycles. The Bertz CT molecular complexity index is 606. The highest BCUT2D eigenvalue weighted by Gasteiger charge is 2.44. The molecule has 0 bridgehead atoms. The van der Waals surface area contributed by atoms with Gasteiger partial charge in [-0.1, -0.05) is 0 Å². The molecule has 0 spiro atoms. The van der Waals surface area contributed by atoms with Crippen LogP contribution in [0, 0.1) is 5.82 Å². The number of nitrogens with one attached hydrogen (secondary N) is 1. The highest BCUT2D eigenvalue weighted by molar-refractivity contribution is 5.87. The zero-order chi connectivity index (χ0) is 15.7.